The van der Waals surface area contributed by atoms with Crippen LogP contribution < -0.4 is 5.32 Å². The van der Waals surface area contributed by atoms with E-state index >= 15 is 0 Å². The number of thiazole rings is 1. The number of imidazole rings is 1. The first kappa shape index (κ1) is 14.7. The molecule has 0 spiro atoms. The largest absolute Gasteiger partial charge is 0.365 e. The molecule has 0 radical (unpaired) electrons. The summed E-state index contributed by atoms with van der Waals surface area (Å²) < 4.78 is 0. The van der Waals surface area contributed by atoms with E-state index < -0.39 is 0 Å². The van der Waals surface area contributed by atoms with Crippen molar-refractivity contribution >= 4 is 27.5 Å². The van der Waals surface area contributed by atoms with Crippen molar-refractivity contribution in [3.05, 3.63) is 40.7 Å². The average Bonchev–Trinajstić information content (AvgIpc) is 3.25. The number of aromatic nitrogens is 3. The quantitative estimate of drug-likeness (QED) is 0.767. The first-order chi connectivity index (χ1) is 11.2. The Balaban J connectivity index is 1.58. The SMILES string of the molecule is CNc1nc(CN2CCC[C@@H]2c2nc3ccc(C)cc3[nH]2)cs1. The van der Waals surface area contributed by atoms with Crippen LogP contribution in [0.5, 0.6) is 0 Å². The molecule has 0 unspecified atom stereocenters. The summed E-state index contributed by atoms with van der Waals surface area (Å²) in [6.07, 6.45) is 2.37. The third-order valence-corrected chi connectivity index (χ3v) is 5.37. The molecule has 1 atom stereocenters. The maximum Gasteiger partial charge on any atom is 0.182 e. The highest BCUT2D eigenvalue weighted by Gasteiger charge is 2.29. The van der Waals surface area contributed by atoms with Crippen molar-refractivity contribution in [1.29, 1.82) is 0 Å². The summed E-state index contributed by atoms with van der Waals surface area (Å²) in [7, 11) is 1.91. The number of rotatable bonds is 4. The minimum Gasteiger partial charge on any atom is -0.365 e. The summed E-state index contributed by atoms with van der Waals surface area (Å²) in [5, 5.41) is 6.23. The highest BCUT2D eigenvalue weighted by Crippen LogP contribution is 2.33. The smallest absolute Gasteiger partial charge is 0.182 e. The van der Waals surface area contributed by atoms with Gasteiger partial charge >= 0.3 is 0 Å². The van der Waals surface area contributed by atoms with Crippen molar-refractivity contribution in [3.8, 4) is 0 Å². The van der Waals surface area contributed by atoms with Crippen LogP contribution in [-0.2, 0) is 6.54 Å². The van der Waals surface area contributed by atoms with Crippen LogP contribution in [0.25, 0.3) is 11.0 Å². The zero-order valence-electron chi connectivity index (χ0n) is 13.5. The van der Waals surface area contributed by atoms with Gasteiger partial charge in [-0.15, -0.1) is 11.3 Å². The van der Waals surface area contributed by atoms with Gasteiger partial charge in [0.2, 0.25) is 0 Å². The minimum absolute atomic E-state index is 0.363. The maximum absolute atomic E-state index is 4.82. The molecule has 3 aromatic rings. The van der Waals surface area contributed by atoms with Gasteiger partial charge in [0.1, 0.15) is 5.82 Å². The molecule has 1 saturated heterocycles. The van der Waals surface area contributed by atoms with Crippen LogP contribution in [-0.4, -0.2) is 33.4 Å². The van der Waals surface area contributed by atoms with E-state index in [0.29, 0.717) is 6.04 Å². The molecule has 1 aliphatic rings. The Bertz CT molecular complexity index is 821. The zero-order chi connectivity index (χ0) is 15.8. The van der Waals surface area contributed by atoms with Crippen LogP contribution in [0.1, 0.15) is 36.0 Å². The molecule has 23 heavy (non-hydrogen) atoms. The van der Waals surface area contributed by atoms with Gasteiger partial charge in [0, 0.05) is 19.0 Å². The summed E-state index contributed by atoms with van der Waals surface area (Å²) in [4.78, 5) is 15.4. The molecular formula is C17H21N5S. The Morgan fingerprint density at radius 2 is 2.30 bits per heavy atom. The summed E-state index contributed by atoms with van der Waals surface area (Å²) in [5.41, 5.74) is 4.60. The molecule has 2 N–H and O–H groups in total. The van der Waals surface area contributed by atoms with Crippen LogP contribution in [0, 0.1) is 6.92 Å². The Kier molecular flexibility index (Phi) is 3.79. The van der Waals surface area contributed by atoms with Crippen molar-refractivity contribution in [1.82, 2.24) is 19.9 Å². The van der Waals surface area contributed by atoms with E-state index in [2.05, 4.69) is 50.7 Å². The first-order valence-electron chi connectivity index (χ1n) is 8.05. The van der Waals surface area contributed by atoms with Gasteiger partial charge in [-0.2, -0.15) is 0 Å². The number of anilines is 1. The number of nitrogens with zero attached hydrogens (tertiary/aromatic N) is 3. The fourth-order valence-electron chi connectivity index (χ4n) is 3.33. The van der Waals surface area contributed by atoms with E-state index in [-0.39, 0.29) is 0 Å². The van der Waals surface area contributed by atoms with Gasteiger partial charge in [0.15, 0.2) is 5.13 Å². The van der Waals surface area contributed by atoms with Gasteiger partial charge in [-0.3, -0.25) is 4.90 Å². The third kappa shape index (κ3) is 2.84. The predicted molar refractivity (Wildman–Crippen MR) is 94.9 cm³/mol. The first-order valence-corrected chi connectivity index (χ1v) is 8.93. The van der Waals surface area contributed by atoms with Crippen molar-refractivity contribution in [3.63, 3.8) is 0 Å². The van der Waals surface area contributed by atoms with Gasteiger partial charge in [0.05, 0.1) is 22.8 Å². The van der Waals surface area contributed by atoms with Gasteiger partial charge in [0.25, 0.3) is 0 Å². The lowest BCUT2D eigenvalue weighted by Crippen LogP contribution is -2.23. The fraction of sp³-hybridized carbons (Fsp3) is 0.412. The van der Waals surface area contributed by atoms with Crippen molar-refractivity contribution < 1.29 is 0 Å². The Morgan fingerprint density at radius 3 is 3.13 bits per heavy atom. The monoisotopic (exact) mass is 327 g/mol. The lowest BCUT2D eigenvalue weighted by atomic mass is 10.2. The Labute approximate surface area is 139 Å². The summed E-state index contributed by atoms with van der Waals surface area (Å²) >= 11 is 1.66. The summed E-state index contributed by atoms with van der Waals surface area (Å²) in [6, 6.07) is 6.75. The van der Waals surface area contributed by atoms with Crippen LogP contribution >= 0.6 is 11.3 Å². The molecule has 0 saturated carbocycles. The molecule has 1 aliphatic heterocycles. The summed E-state index contributed by atoms with van der Waals surface area (Å²) in [5.74, 6) is 1.09. The molecule has 0 amide bonds. The molecule has 0 aliphatic carbocycles. The van der Waals surface area contributed by atoms with Crippen molar-refractivity contribution in [2.24, 2.45) is 0 Å². The summed E-state index contributed by atoms with van der Waals surface area (Å²) in [6.45, 7) is 4.11. The Hall–Kier alpha value is -1.92. The van der Waals surface area contributed by atoms with Gasteiger partial charge in [-0.1, -0.05) is 6.07 Å². The molecular weight excluding hydrogens is 306 g/mol. The molecule has 1 fully saturated rings. The number of benzene rings is 1. The molecule has 5 nitrogen and oxygen atoms in total. The fourth-order valence-corrected chi connectivity index (χ4v) is 3.99. The molecule has 2 aromatic heterocycles. The Morgan fingerprint density at radius 1 is 1.39 bits per heavy atom. The zero-order valence-corrected chi connectivity index (χ0v) is 14.3. The molecule has 1 aromatic carbocycles. The second-order valence-electron chi connectivity index (χ2n) is 6.17. The number of likely N-dealkylation sites (tertiary alicyclic amines) is 1. The maximum atomic E-state index is 4.82. The highest BCUT2D eigenvalue weighted by atomic mass is 32.1. The van der Waals surface area contributed by atoms with Crippen LogP contribution in [0.15, 0.2) is 23.6 Å². The topological polar surface area (TPSA) is 56.8 Å². The molecule has 6 heteroatoms. The second kappa shape index (κ2) is 5.94. The number of nitrogens with one attached hydrogen (secondary N) is 2. The van der Waals surface area contributed by atoms with Crippen LogP contribution in [0.4, 0.5) is 5.13 Å². The minimum atomic E-state index is 0.363. The van der Waals surface area contributed by atoms with E-state index in [0.717, 1.165) is 47.2 Å². The van der Waals surface area contributed by atoms with Crippen molar-refractivity contribution in [2.45, 2.75) is 32.4 Å². The second-order valence-corrected chi connectivity index (χ2v) is 7.02. The number of fused-ring (bicyclic) bond motifs is 1. The van der Waals surface area contributed by atoms with E-state index in [1.54, 1.807) is 11.3 Å². The molecule has 3 heterocycles. The highest BCUT2D eigenvalue weighted by molar-refractivity contribution is 7.13. The average molecular weight is 327 g/mol. The lowest BCUT2D eigenvalue weighted by molar-refractivity contribution is 0.239. The number of aromatic amines is 1. The number of aryl methyl sites for hydroxylation is 1. The number of H-pyrrole nitrogens is 1. The van der Waals surface area contributed by atoms with Crippen LogP contribution in [0.2, 0.25) is 0 Å². The molecule has 4 rings (SSSR count). The number of hydrogen-bond donors (Lipinski definition) is 2. The van der Waals surface area contributed by atoms with E-state index in [1.807, 2.05) is 7.05 Å². The van der Waals surface area contributed by atoms with E-state index in [9.17, 15) is 0 Å². The van der Waals surface area contributed by atoms with Gasteiger partial charge in [-0.25, -0.2) is 9.97 Å². The van der Waals surface area contributed by atoms with Gasteiger partial charge in [-0.05, 0) is 44.0 Å². The normalized spacial score (nSPS) is 18.8. The van der Waals surface area contributed by atoms with Gasteiger partial charge < -0.3 is 10.3 Å². The van der Waals surface area contributed by atoms with Crippen LogP contribution in [0.3, 0.4) is 0 Å². The standard InChI is InChI=1S/C17H21N5S/c1-11-5-6-13-14(8-11)21-16(20-13)15-4-3-7-22(15)9-12-10-23-17(18-2)19-12/h5-6,8,10,15H,3-4,7,9H2,1-2H3,(H,18,19)(H,20,21)/t15-/m1/s1. The van der Waals surface area contributed by atoms with E-state index in [1.165, 1.54) is 12.0 Å². The predicted octanol–water partition coefficient (Wildman–Crippen LogP) is 3.71. The third-order valence-electron chi connectivity index (χ3n) is 4.47. The number of hydrogen-bond acceptors (Lipinski definition) is 5. The van der Waals surface area contributed by atoms with Crippen molar-refractivity contribution in [2.75, 3.05) is 18.9 Å². The lowest BCUT2D eigenvalue weighted by Gasteiger charge is -2.21. The molecule has 0 bridgehead atoms. The van der Waals surface area contributed by atoms with E-state index in [4.69, 9.17) is 4.98 Å². The molecule has 120 valence electrons.